The van der Waals surface area contributed by atoms with Crippen LogP contribution < -0.4 is 14.8 Å². The van der Waals surface area contributed by atoms with Crippen LogP contribution in [0.2, 0.25) is 0 Å². The molecule has 0 aromatic heterocycles. The molecule has 1 aromatic rings. The van der Waals surface area contributed by atoms with Gasteiger partial charge < -0.3 is 14.8 Å². The molecule has 0 spiro atoms. The molecule has 1 aliphatic carbocycles. The van der Waals surface area contributed by atoms with Crippen molar-refractivity contribution >= 4 is 6.08 Å². The molecule has 1 aliphatic heterocycles. The highest BCUT2D eigenvalue weighted by molar-refractivity contribution is 5.58. The van der Waals surface area contributed by atoms with E-state index in [1.54, 1.807) is 0 Å². The fourth-order valence-electron chi connectivity index (χ4n) is 2.46. The third-order valence-corrected chi connectivity index (χ3v) is 4.04. The van der Waals surface area contributed by atoms with Gasteiger partial charge in [-0.2, -0.15) is 0 Å². The van der Waals surface area contributed by atoms with E-state index in [-0.39, 0.29) is 0 Å². The standard InChI is InChI=1S/C18H25NO2/c1-13(2)15(12-19-16-5-6-16)10-14-4-7-17-18(11-14)21-9-3-8-20-17/h4,7,10-11,13,16,19H,3,5-6,8-9,12H2,1-2H3. The summed E-state index contributed by atoms with van der Waals surface area (Å²) in [6.07, 6.45) is 5.89. The van der Waals surface area contributed by atoms with E-state index in [2.05, 4.69) is 37.4 Å². The summed E-state index contributed by atoms with van der Waals surface area (Å²) >= 11 is 0. The van der Waals surface area contributed by atoms with Crippen molar-refractivity contribution in [3.63, 3.8) is 0 Å². The third-order valence-electron chi connectivity index (χ3n) is 4.04. The summed E-state index contributed by atoms with van der Waals surface area (Å²) in [7, 11) is 0. The topological polar surface area (TPSA) is 30.5 Å². The van der Waals surface area contributed by atoms with E-state index in [0.29, 0.717) is 5.92 Å². The minimum absolute atomic E-state index is 0.548. The zero-order valence-corrected chi connectivity index (χ0v) is 13.0. The summed E-state index contributed by atoms with van der Waals surface area (Å²) in [6.45, 7) is 6.97. The molecular weight excluding hydrogens is 262 g/mol. The second-order valence-electron chi connectivity index (χ2n) is 6.29. The number of fused-ring (bicyclic) bond motifs is 1. The largest absolute Gasteiger partial charge is 0.490 e. The summed E-state index contributed by atoms with van der Waals surface area (Å²) < 4.78 is 11.5. The Labute approximate surface area is 127 Å². The second kappa shape index (κ2) is 6.52. The normalized spacial score (nSPS) is 18.7. The molecule has 2 aliphatic rings. The summed E-state index contributed by atoms with van der Waals surface area (Å²) in [5.74, 6) is 2.29. The first-order chi connectivity index (χ1) is 10.2. The molecule has 0 bridgehead atoms. The van der Waals surface area contributed by atoms with Crippen LogP contribution in [-0.4, -0.2) is 25.8 Å². The monoisotopic (exact) mass is 287 g/mol. The van der Waals surface area contributed by atoms with Crippen LogP contribution >= 0.6 is 0 Å². The lowest BCUT2D eigenvalue weighted by atomic mass is 10.00. The van der Waals surface area contributed by atoms with Gasteiger partial charge >= 0.3 is 0 Å². The molecule has 1 heterocycles. The van der Waals surface area contributed by atoms with Gasteiger partial charge in [0.2, 0.25) is 0 Å². The van der Waals surface area contributed by atoms with Gasteiger partial charge in [0, 0.05) is 19.0 Å². The number of ether oxygens (including phenoxy) is 2. The van der Waals surface area contributed by atoms with Gasteiger partial charge in [-0.25, -0.2) is 0 Å². The number of hydrogen-bond donors (Lipinski definition) is 1. The minimum atomic E-state index is 0.548. The van der Waals surface area contributed by atoms with E-state index < -0.39 is 0 Å². The van der Waals surface area contributed by atoms with Crippen LogP contribution in [0.4, 0.5) is 0 Å². The molecule has 21 heavy (non-hydrogen) atoms. The van der Waals surface area contributed by atoms with E-state index in [4.69, 9.17) is 9.47 Å². The average molecular weight is 287 g/mol. The Morgan fingerprint density at radius 2 is 2.00 bits per heavy atom. The van der Waals surface area contributed by atoms with Gasteiger partial charge in [-0.15, -0.1) is 0 Å². The predicted octanol–water partition coefficient (Wildman–Crippen LogP) is 3.64. The van der Waals surface area contributed by atoms with E-state index in [1.165, 1.54) is 24.0 Å². The molecule has 0 unspecified atom stereocenters. The minimum Gasteiger partial charge on any atom is -0.490 e. The Balaban J connectivity index is 1.76. The summed E-state index contributed by atoms with van der Waals surface area (Å²) in [5.41, 5.74) is 2.64. The lowest BCUT2D eigenvalue weighted by molar-refractivity contribution is 0.297. The van der Waals surface area contributed by atoms with E-state index >= 15 is 0 Å². The molecule has 1 aromatic carbocycles. The number of rotatable bonds is 5. The zero-order chi connectivity index (χ0) is 14.7. The van der Waals surface area contributed by atoms with Crippen LogP contribution in [0.1, 0.15) is 38.7 Å². The van der Waals surface area contributed by atoms with Gasteiger partial charge in [-0.3, -0.25) is 0 Å². The number of benzene rings is 1. The molecule has 1 fully saturated rings. The number of nitrogens with one attached hydrogen (secondary N) is 1. The predicted molar refractivity (Wildman–Crippen MR) is 85.9 cm³/mol. The van der Waals surface area contributed by atoms with Crippen molar-refractivity contribution in [1.82, 2.24) is 5.32 Å². The Kier molecular flexibility index (Phi) is 4.49. The average Bonchev–Trinajstić information content (AvgIpc) is 3.29. The fraction of sp³-hybridized carbons (Fsp3) is 0.556. The lowest BCUT2D eigenvalue weighted by Crippen LogP contribution is -2.21. The van der Waals surface area contributed by atoms with Crippen molar-refractivity contribution in [2.45, 2.75) is 39.2 Å². The smallest absolute Gasteiger partial charge is 0.161 e. The van der Waals surface area contributed by atoms with Crippen molar-refractivity contribution < 1.29 is 9.47 Å². The highest BCUT2D eigenvalue weighted by atomic mass is 16.5. The molecule has 3 heteroatoms. The molecule has 1 saturated carbocycles. The van der Waals surface area contributed by atoms with Crippen LogP contribution in [0.15, 0.2) is 23.8 Å². The highest BCUT2D eigenvalue weighted by Crippen LogP contribution is 2.31. The molecule has 0 radical (unpaired) electrons. The first-order valence-corrected chi connectivity index (χ1v) is 8.06. The van der Waals surface area contributed by atoms with Gasteiger partial charge in [0.05, 0.1) is 13.2 Å². The quantitative estimate of drug-likeness (QED) is 0.897. The van der Waals surface area contributed by atoms with Gasteiger partial charge in [-0.05, 0) is 36.5 Å². The van der Waals surface area contributed by atoms with Crippen LogP contribution in [0.25, 0.3) is 6.08 Å². The van der Waals surface area contributed by atoms with Crippen LogP contribution in [0.3, 0.4) is 0 Å². The summed E-state index contributed by atoms with van der Waals surface area (Å²) in [4.78, 5) is 0. The molecule has 3 rings (SSSR count). The van der Waals surface area contributed by atoms with Gasteiger partial charge in [0.15, 0.2) is 11.5 Å². The molecule has 114 valence electrons. The van der Waals surface area contributed by atoms with Crippen molar-refractivity contribution in [1.29, 1.82) is 0 Å². The second-order valence-corrected chi connectivity index (χ2v) is 6.29. The molecule has 0 saturated heterocycles. The maximum Gasteiger partial charge on any atom is 0.161 e. The van der Waals surface area contributed by atoms with E-state index in [1.807, 2.05) is 6.07 Å². The number of hydrogen-bond acceptors (Lipinski definition) is 3. The first kappa shape index (κ1) is 14.5. The Morgan fingerprint density at radius 1 is 1.24 bits per heavy atom. The molecule has 0 amide bonds. The van der Waals surface area contributed by atoms with Crippen molar-refractivity contribution in [3.8, 4) is 11.5 Å². The van der Waals surface area contributed by atoms with Crippen LogP contribution in [-0.2, 0) is 0 Å². The van der Waals surface area contributed by atoms with Crippen molar-refractivity contribution in [3.05, 3.63) is 29.3 Å². The molecule has 3 nitrogen and oxygen atoms in total. The maximum atomic E-state index is 5.77. The molecule has 0 atom stereocenters. The molecular formula is C18H25NO2. The first-order valence-electron chi connectivity index (χ1n) is 8.06. The van der Waals surface area contributed by atoms with E-state index in [9.17, 15) is 0 Å². The van der Waals surface area contributed by atoms with Gasteiger partial charge in [0.25, 0.3) is 0 Å². The van der Waals surface area contributed by atoms with Gasteiger partial charge in [0.1, 0.15) is 0 Å². The van der Waals surface area contributed by atoms with Crippen LogP contribution in [0.5, 0.6) is 11.5 Å². The summed E-state index contributed by atoms with van der Waals surface area (Å²) in [6, 6.07) is 6.99. The zero-order valence-electron chi connectivity index (χ0n) is 13.0. The van der Waals surface area contributed by atoms with Crippen molar-refractivity contribution in [2.75, 3.05) is 19.8 Å². The van der Waals surface area contributed by atoms with Crippen molar-refractivity contribution in [2.24, 2.45) is 5.92 Å². The van der Waals surface area contributed by atoms with E-state index in [0.717, 1.165) is 43.7 Å². The maximum absolute atomic E-state index is 5.77. The lowest BCUT2D eigenvalue weighted by Gasteiger charge is -2.13. The van der Waals surface area contributed by atoms with Crippen LogP contribution in [0, 0.1) is 5.92 Å². The summed E-state index contributed by atoms with van der Waals surface area (Å²) in [5, 5.41) is 3.61. The van der Waals surface area contributed by atoms with Gasteiger partial charge in [-0.1, -0.05) is 31.6 Å². The Morgan fingerprint density at radius 3 is 2.71 bits per heavy atom. The molecule has 1 N–H and O–H groups in total. The third kappa shape index (κ3) is 4.01. The SMILES string of the molecule is CC(C)C(=Cc1ccc2c(c1)OCCCO2)CNC1CC1. The highest BCUT2D eigenvalue weighted by Gasteiger charge is 2.20. The Bertz CT molecular complexity index is 518. The fourth-order valence-corrected chi connectivity index (χ4v) is 2.46. The Hall–Kier alpha value is -1.48.